The minimum absolute atomic E-state index is 0.125. The summed E-state index contributed by atoms with van der Waals surface area (Å²) >= 11 is 6.01. The van der Waals surface area contributed by atoms with Gasteiger partial charge in [0.25, 0.3) is 0 Å². The van der Waals surface area contributed by atoms with Crippen molar-refractivity contribution < 1.29 is 5.11 Å². The Morgan fingerprint density at radius 2 is 2.07 bits per heavy atom. The van der Waals surface area contributed by atoms with Gasteiger partial charge in [-0.3, -0.25) is 4.57 Å². The number of aromatic nitrogens is 2. The lowest BCUT2D eigenvalue weighted by Crippen LogP contribution is -1.92. The number of hydrogen-bond acceptors (Lipinski definition) is 2. The van der Waals surface area contributed by atoms with E-state index in [2.05, 4.69) is 4.98 Å². The monoisotopic (exact) mass is 208 g/mol. The highest BCUT2D eigenvalue weighted by molar-refractivity contribution is 6.33. The Labute approximate surface area is 86.6 Å². The molecule has 0 bridgehead atoms. The molecular weight excluding hydrogens is 200 g/mol. The van der Waals surface area contributed by atoms with Crippen molar-refractivity contribution in [3.63, 3.8) is 0 Å². The molecule has 0 spiro atoms. The molecule has 0 saturated carbocycles. The number of imidazole rings is 1. The average Bonchev–Trinajstić information content (AvgIpc) is 2.49. The van der Waals surface area contributed by atoms with Crippen LogP contribution in [0.15, 0.2) is 30.5 Å². The van der Waals surface area contributed by atoms with Crippen molar-refractivity contribution in [2.24, 2.45) is 7.05 Å². The van der Waals surface area contributed by atoms with E-state index in [-0.39, 0.29) is 5.88 Å². The maximum atomic E-state index is 9.35. The molecular formula is C10H9ClN2O. The molecule has 0 amide bonds. The van der Waals surface area contributed by atoms with E-state index >= 15 is 0 Å². The van der Waals surface area contributed by atoms with Crippen LogP contribution in [0.3, 0.4) is 0 Å². The lowest BCUT2D eigenvalue weighted by molar-refractivity contribution is 0.433. The van der Waals surface area contributed by atoms with Crippen molar-refractivity contribution in [1.82, 2.24) is 9.55 Å². The van der Waals surface area contributed by atoms with E-state index < -0.39 is 0 Å². The van der Waals surface area contributed by atoms with Gasteiger partial charge in [-0.2, -0.15) is 0 Å². The maximum absolute atomic E-state index is 9.35. The molecule has 1 aromatic heterocycles. The van der Waals surface area contributed by atoms with Gasteiger partial charge in [-0.25, -0.2) is 4.98 Å². The zero-order valence-electron chi connectivity index (χ0n) is 7.61. The van der Waals surface area contributed by atoms with Crippen molar-refractivity contribution in [1.29, 1.82) is 0 Å². The molecule has 0 fully saturated rings. The van der Waals surface area contributed by atoms with Crippen molar-refractivity contribution in [2.45, 2.75) is 0 Å². The van der Waals surface area contributed by atoms with Gasteiger partial charge in [-0.05, 0) is 12.1 Å². The quantitative estimate of drug-likeness (QED) is 0.782. The van der Waals surface area contributed by atoms with Gasteiger partial charge in [0.15, 0.2) is 0 Å². The Balaban J connectivity index is 2.60. The summed E-state index contributed by atoms with van der Waals surface area (Å²) in [5.41, 5.74) is 0.817. The van der Waals surface area contributed by atoms with Gasteiger partial charge in [0.05, 0.1) is 11.2 Å². The van der Waals surface area contributed by atoms with Gasteiger partial charge in [0.2, 0.25) is 5.88 Å². The SMILES string of the molecule is Cn1c(O)cnc1-c1ccccc1Cl. The van der Waals surface area contributed by atoms with E-state index in [1.807, 2.05) is 18.2 Å². The standard InChI is InChI=1S/C10H9ClN2O/c1-13-9(14)6-12-10(13)7-4-2-3-5-8(7)11/h2-6,14H,1H3. The Morgan fingerprint density at radius 1 is 1.36 bits per heavy atom. The minimum Gasteiger partial charge on any atom is -0.493 e. The molecule has 2 rings (SSSR count). The van der Waals surface area contributed by atoms with E-state index in [1.165, 1.54) is 6.20 Å². The molecule has 0 aliphatic rings. The van der Waals surface area contributed by atoms with E-state index in [9.17, 15) is 5.11 Å². The van der Waals surface area contributed by atoms with Crippen LogP contribution in [0.2, 0.25) is 5.02 Å². The summed E-state index contributed by atoms with van der Waals surface area (Å²) < 4.78 is 1.58. The smallest absolute Gasteiger partial charge is 0.211 e. The third-order valence-corrected chi connectivity index (χ3v) is 2.41. The summed E-state index contributed by atoms with van der Waals surface area (Å²) in [5, 5.41) is 9.98. The van der Waals surface area contributed by atoms with Gasteiger partial charge in [-0.15, -0.1) is 0 Å². The second-order valence-electron chi connectivity index (χ2n) is 2.98. The van der Waals surface area contributed by atoms with Gasteiger partial charge in [0, 0.05) is 12.6 Å². The molecule has 0 aliphatic carbocycles. The Morgan fingerprint density at radius 3 is 2.64 bits per heavy atom. The van der Waals surface area contributed by atoms with Crippen LogP contribution < -0.4 is 0 Å². The third-order valence-electron chi connectivity index (χ3n) is 2.08. The van der Waals surface area contributed by atoms with Crippen LogP contribution in [-0.4, -0.2) is 14.7 Å². The second-order valence-corrected chi connectivity index (χ2v) is 3.39. The van der Waals surface area contributed by atoms with Crippen molar-refractivity contribution in [3.8, 4) is 17.3 Å². The van der Waals surface area contributed by atoms with Gasteiger partial charge >= 0.3 is 0 Å². The summed E-state index contributed by atoms with van der Waals surface area (Å²) in [6.07, 6.45) is 1.40. The number of benzene rings is 1. The summed E-state index contributed by atoms with van der Waals surface area (Å²) in [5.74, 6) is 0.785. The molecule has 4 heteroatoms. The van der Waals surface area contributed by atoms with Crippen LogP contribution in [0, 0.1) is 0 Å². The van der Waals surface area contributed by atoms with Gasteiger partial charge in [-0.1, -0.05) is 23.7 Å². The molecule has 1 N–H and O–H groups in total. The summed E-state index contributed by atoms with van der Waals surface area (Å²) in [6.45, 7) is 0. The fourth-order valence-corrected chi connectivity index (χ4v) is 1.51. The zero-order chi connectivity index (χ0) is 10.1. The van der Waals surface area contributed by atoms with Crippen molar-refractivity contribution >= 4 is 11.6 Å². The van der Waals surface area contributed by atoms with Crippen LogP contribution >= 0.6 is 11.6 Å². The molecule has 3 nitrogen and oxygen atoms in total. The van der Waals surface area contributed by atoms with Crippen LogP contribution in [0.4, 0.5) is 0 Å². The average molecular weight is 209 g/mol. The lowest BCUT2D eigenvalue weighted by atomic mass is 10.2. The normalized spacial score (nSPS) is 10.4. The topological polar surface area (TPSA) is 38.0 Å². The van der Waals surface area contributed by atoms with E-state index in [0.717, 1.165) is 5.56 Å². The predicted octanol–water partition coefficient (Wildman–Crippen LogP) is 2.45. The molecule has 1 aromatic carbocycles. The van der Waals surface area contributed by atoms with Gasteiger partial charge < -0.3 is 5.11 Å². The highest BCUT2D eigenvalue weighted by Crippen LogP contribution is 2.27. The number of halogens is 1. The molecule has 2 aromatic rings. The maximum Gasteiger partial charge on any atom is 0.211 e. The first-order valence-corrected chi connectivity index (χ1v) is 4.53. The molecule has 72 valence electrons. The molecule has 0 atom stereocenters. The molecule has 0 aliphatic heterocycles. The fraction of sp³-hybridized carbons (Fsp3) is 0.100. The summed E-state index contributed by atoms with van der Waals surface area (Å²) in [6, 6.07) is 7.40. The molecule has 1 heterocycles. The summed E-state index contributed by atoms with van der Waals surface area (Å²) in [7, 11) is 1.74. The largest absolute Gasteiger partial charge is 0.493 e. The van der Waals surface area contributed by atoms with Crippen LogP contribution in [0.5, 0.6) is 5.88 Å². The van der Waals surface area contributed by atoms with E-state index in [1.54, 1.807) is 17.7 Å². The highest BCUT2D eigenvalue weighted by Gasteiger charge is 2.09. The molecule has 0 saturated heterocycles. The van der Waals surface area contributed by atoms with Crippen molar-refractivity contribution in [2.75, 3.05) is 0 Å². The van der Waals surface area contributed by atoms with Gasteiger partial charge in [0.1, 0.15) is 5.82 Å². The Bertz CT molecular complexity index is 465. The lowest BCUT2D eigenvalue weighted by Gasteiger charge is -2.03. The molecule has 14 heavy (non-hydrogen) atoms. The highest BCUT2D eigenvalue weighted by atomic mass is 35.5. The number of hydrogen-bond donors (Lipinski definition) is 1. The fourth-order valence-electron chi connectivity index (χ4n) is 1.29. The van der Waals surface area contributed by atoms with E-state index in [0.29, 0.717) is 10.8 Å². The number of rotatable bonds is 1. The molecule has 0 radical (unpaired) electrons. The molecule has 0 unspecified atom stereocenters. The summed E-state index contributed by atoms with van der Waals surface area (Å²) in [4.78, 5) is 4.07. The van der Waals surface area contributed by atoms with Crippen LogP contribution in [-0.2, 0) is 7.05 Å². The first-order valence-electron chi connectivity index (χ1n) is 4.15. The van der Waals surface area contributed by atoms with Crippen LogP contribution in [0.1, 0.15) is 0 Å². The zero-order valence-corrected chi connectivity index (χ0v) is 8.36. The number of nitrogens with zero attached hydrogens (tertiary/aromatic N) is 2. The first-order chi connectivity index (χ1) is 6.70. The van der Waals surface area contributed by atoms with Crippen LogP contribution in [0.25, 0.3) is 11.4 Å². The minimum atomic E-state index is 0.125. The second kappa shape index (κ2) is 3.35. The van der Waals surface area contributed by atoms with E-state index in [4.69, 9.17) is 11.6 Å². The Hall–Kier alpha value is -1.48. The Kier molecular flexibility index (Phi) is 2.17. The predicted molar refractivity (Wildman–Crippen MR) is 55.3 cm³/mol. The number of aromatic hydroxyl groups is 1. The third kappa shape index (κ3) is 1.36. The first kappa shape index (κ1) is 9.09. The van der Waals surface area contributed by atoms with Crippen molar-refractivity contribution in [3.05, 3.63) is 35.5 Å².